The third kappa shape index (κ3) is 2.29. The predicted octanol–water partition coefficient (Wildman–Crippen LogP) is 3.33. The number of benzene rings is 1. The van der Waals surface area contributed by atoms with Gasteiger partial charge >= 0.3 is 6.18 Å². The zero-order chi connectivity index (χ0) is 12.5. The minimum absolute atomic E-state index is 0.0460. The molecule has 88 valence electrons. The predicted molar refractivity (Wildman–Crippen MR) is 57.1 cm³/mol. The van der Waals surface area contributed by atoms with Crippen molar-refractivity contribution in [3.8, 4) is 5.75 Å². The van der Waals surface area contributed by atoms with Gasteiger partial charge in [0.1, 0.15) is 5.56 Å². The molecule has 0 atom stereocenters. The summed E-state index contributed by atoms with van der Waals surface area (Å²) in [6.45, 7) is 5.19. The summed E-state index contributed by atoms with van der Waals surface area (Å²) in [6, 6.07) is 2.40. The molecule has 0 unspecified atom stereocenters. The van der Waals surface area contributed by atoms with E-state index >= 15 is 0 Å². The normalized spacial score (nSPS) is 11.3. The third-order valence-electron chi connectivity index (χ3n) is 2.12. The molecule has 0 bridgehead atoms. The van der Waals surface area contributed by atoms with E-state index in [-0.39, 0.29) is 11.4 Å². The number of hydrogen-bond donors (Lipinski definition) is 1. The van der Waals surface area contributed by atoms with Crippen LogP contribution >= 0.6 is 0 Å². The van der Waals surface area contributed by atoms with Gasteiger partial charge in [0, 0.05) is 0 Å². The summed E-state index contributed by atoms with van der Waals surface area (Å²) in [5.41, 5.74) is 5.44. The maximum Gasteiger partial charge on any atom is 0.420 e. The molecule has 0 aromatic heterocycles. The number of nitrogens with two attached hydrogens (primary N) is 1. The van der Waals surface area contributed by atoms with Crippen molar-refractivity contribution in [3.05, 3.63) is 29.8 Å². The molecule has 0 radical (unpaired) electrons. The van der Waals surface area contributed by atoms with Crippen LogP contribution in [0.5, 0.6) is 5.75 Å². The highest BCUT2D eigenvalue weighted by Crippen LogP contribution is 2.41. The van der Waals surface area contributed by atoms with Gasteiger partial charge in [0.15, 0.2) is 5.75 Å². The van der Waals surface area contributed by atoms with Crippen molar-refractivity contribution in [2.75, 3.05) is 12.8 Å². The van der Waals surface area contributed by atoms with E-state index in [0.717, 1.165) is 13.2 Å². The number of rotatable bonds is 2. The van der Waals surface area contributed by atoms with Gasteiger partial charge in [-0.3, -0.25) is 0 Å². The molecule has 0 saturated heterocycles. The molecule has 0 heterocycles. The van der Waals surface area contributed by atoms with Crippen LogP contribution in [0.4, 0.5) is 18.9 Å². The zero-order valence-corrected chi connectivity index (χ0v) is 8.98. The topological polar surface area (TPSA) is 35.2 Å². The average Bonchev–Trinajstić information content (AvgIpc) is 2.14. The van der Waals surface area contributed by atoms with Crippen LogP contribution in [0, 0.1) is 0 Å². The van der Waals surface area contributed by atoms with E-state index in [0.29, 0.717) is 11.1 Å². The number of alkyl halides is 3. The Morgan fingerprint density at radius 2 is 1.94 bits per heavy atom. The van der Waals surface area contributed by atoms with Crippen molar-refractivity contribution in [1.82, 2.24) is 0 Å². The number of anilines is 1. The fourth-order valence-corrected chi connectivity index (χ4v) is 1.34. The maximum absolute atomic E-state index is 12.7. The summed E-state index contributed by atoms with van der Waals surface area (Å²) in [7, 11) is 1.15. The standard InChI is InChI=1S/C11H12F3NO/c1-6(2)7-4-8(11(12,13)14)10(16-3)9(15)5-7/h4-5H,1,15H2,2-3H3. The lowest BCUT2D eigenvalue weighted by Gasteiger charge is -2.15. The van der Waals surface area contributed by atoms with E-state index in [1.807, 2.05) is 0 Å². The second-order valence-electron chi connectivity index (χ2n) is 3.42. The van der Waals surface area contributed by atoms with Crippen LogP contribution in [-0.2, 0) is 6.18 Å². The highest BCUT2D eigenvalue weighted by atomic mass is 19.4. The zero-order valence-electron chi connectivity index (χ0n) is 8.98. The Hall–Kier alpha value is -1.65. The van der Waals surface area contributed by atoms with Crippen molar-refractivity contribution in [2.45, 2.75) is 13.1 Å². The molecular formula is C11H12F3NO. The molecule has 16 heavy (non-hydrogen) atoms. The van der Waals surface area contributed by atoms with Gasteiger partial charge in [0.2, 0.25) is 0 Å². The number of halogens is 3. The van der Waals surface area contributed by atoms with Crippen LogP contribution < -0.4 is 10.5 Å². The molecule has 2 nitrogen and oxygen atoms in total. The maximum atomic E-state index is 12.7. The van der Waals surface area contributed by atoms with Crippen LogP contribution in [0.25, 0.3) is 5.57 Å². The summed E-state index contributed by atoms with van der Waals surface area (Å²) in [5.74, 6) is -0.350. The first-order valence-electron chi connectivity index (χ1n) is 4.48. The van der Waals surface area contributed by atoms with Crippen molar-refractivity contribution in [1.29, 1.82) is 0 Å². The molecule has 0 aliphatic rings. The highest BCUT2D eigenvalue weighted by Gasteiger charge is 2.35. The second kappa shape index (κ2) is 4.08. The van der Waals surface area contributed by atoms with Gasteiger partial charge in [-0.2, -0.15) is 13.2 Å². The quantitative estimate of drug-likeness (QED) is 0.792. The molecule has 2 N–H and O–H groups in total. The minimum atomic E-state index is -4.50. The third-order valence-corrected chi connectivity index (χ3v) is 2.12. The second-order valence-corrected chi connectivity index (χ2v) is 3.42. The summed E-state index contributed by atoms with van der Waals surface area (Å²) in [4.78, 5) is 0. The smallest absolute Gasteiger partial charge is 0.420 e. The molecule has 1 aromatic carbocycles. The van der Waals surface area contributed by atoms with E-state index in [1.54, 1.807) is 6.92 Å². The molecule has 1 rings (SSSR count). The fraction of sp³-hybridized carbons (Fsp3) is 0.273. The highest BCUT2D eigenvalue weighted by molar-refractivity contribution is 5.70. The molecule has 0 aliphatic heterocycles. The van der Waals surface area contributed by atoms with Gasteiger partial charge < -0.3 is 10.5 Å². The number of methoxy groups -OCH3 is 1. The number of hydrogen-bond acceptors (Lipinski definition) is 2. The van der Waals surface area contributed by atoms with E-state index in [9.17, 15) is 13.2 Å². The van der Waals surface area contributed by atoms with Crippen LogP contribution in [-0.4, -0.2) is 7.11 Å². The largest absolute Gasteiger partial charge is 0.494 e. The molecule has 0 spiro atoms. The Morgan fingerprint density at radius 3 is 2.31 bits per heavy atom. The Labute approximate surface area is 91.5 Å². The Morgan fingerprint density at radius 1 is 1.38 bits per heavy atom. The first-order chi connectivity index (χ1) is 7.27. The fourth-order valence-electron chi connectivity index (χ4n) is 1.34. The first kappa shape index (κ1) is 12.4. The number of nitrogen functional groups attached to an aromatic ring is 1. The molecule has 0 saturated carbocycles. The Kier molecular flexibility index (Phi) is 3.16. The average molecular weight is 231 g/mol. The Balaban J connectivity index is 3.49. The lowest BCUT2D eigenvalue weighted by Crippen LogP contribution is -2.10. The van der Waals surface area contributed by atoms with Gasteiger partial charge in [-0.25, -0.2) is 0 Å². The minimum Gasteiger partial charge on any atom is -0.494 e. The van der Waals surface area contributed by atoms with E-state index in [2.05, 4.69) is 11.3 Å². The van der Waals surface area contributed by atoms with E-state index < -0.39 is 11.7 Å². The van der Waals surface area contributed by atoms with Crippen molar-refractivity contribution in [3.63, 3.8) is 0 Å². The molecule has 0 fully saturated rings. The Bertz CT molecular complexity index is 424. The molecular weight excluding hydrogens is 219 g/mol. The number of allylic oxidation sites excluding steroid dienone is 1. The molecule has 0 aliphatic carbocycles. The lowest BCUT2D eigenvalue weighted by atomic mass is 10.0. The summed E-state index contributed by atoms with van der Waals surface area (Å²) in [6.07, 6.45) is -4.50. The van der Waals surface area contributed by atoms with Gasteiger partial charge in [0.05, 0.1) is 12.8 Å². The molecule has 5 heteroatoms. The van der Waals surface area contributed by atoms with Crippen molar-refractivity contribution < 1.29 is 17.9 Å². The van der Waals surface area contributed by atoms with Gasteiger partial charge in [-0.15, -0.1) is 0 Å². The lowest BCUT2D eigenvalue weighted by molar-refractivity contribution is -0.138. The van der Waals surface area contributed by atoms with Crippen molar-refractivity contribution >= 4 is 11.3 Å². The van der Waals surface area contributed by atoms with Crippen LogP contribution in [0.15, 0.2) is 18.7 Å². The monoisotopic (exact) mass is 231 g/mol. The first-order valence-corrected chi connectivity index (χ1v) is 4.48. The van der Waals surface area contributed by atoms with Gasteiger partial charge in [-0.05, 0) is 24.6 Å². The summed E-state index contributed by atoms with van der Waals surface area (Å²) >= 11 is 0. The summed E-state index contributed by atoms with van der Waals surface area (Å²) < 4.78 is 42.7. The van der Waals surface area contributed by atoms with Crippen LogP contribution in [0.2, 0.25) is 0 Å². The molecule has 0 amide bonds. The SMILES string of the molecule is C=C(C)c1cc(N)c(OC)c(C(F)(F)F)c1. The van der Waals surface area contributed by atoms with Gasteiger partial charge in [0.25, 0.3) is 0 Å². The summed E-state index contributed by atoms with van der Waals surface area (Å²) in [5, 5.41) is 0. The van der Waals surface area contributed by atoms with E-state index in [4.69, 9.17) is 5.73 Å². The molecule has 1 aromatic rings. The number of ether oxygens (including phenoxy) is 1. The van der Waals surface area contributed by atoms with Gasteiger partial charge in [-0.1, -0.05) is 12.2 Å². The van der Waals surface area contributed by atoms with Crippen molar-refractivity contribution in [2.24, 2.45) is 0 Å². The van der Waals surface area contributed by atoms with Crippen LogP contribution in [0.1, 0.15) is 18.1 Å². The van der Waals surface area contributed by atoms with E-state index in [1.165, 1.54) is 6.07 Å². The van der Waals surface area contributed by atoms with Crippen LogP contribution in [0.3, 0.4) is 0 Å².